The molecule has 0 aromatic carbocycles. The summed E-state index contributed by atoms with van der Waals surface area (Å²) in [5.74, 6) is 0. The fourth-order valence-electron chi connectivity index (χ4n) is 0.913. The minimum Gasteiger partial charge on any atom is -0.219 e. The van der Waals surface area contributed by atoms with Gasteiger partial charge in [0.1, 0.15) is 9.77 Å². The van der Waals surface area contributed by atoms with Crippen molar-refractivity contribution in [2.24, 2.45) is 0 Å². The summed E-state index contributed by atoms with van der Waals surface area (Å²) in [6, 6.07) is 5.64. The molecule has 0 aliphatic heterocycles. The molecule has 0 atom stereocenters. The molecule has 2 aromatic rings. The van der Waals surface area contributed by atoms with Gasteiger partial charge in [-0.2, -0.15) is 10.4 Å². The van der Waals surface area contributed by atoms with Gasteiger partial charge in [0, 0.05) is 0 Å². The van der Waals surface area contributed by atoms with E-state index in [2.05, 4.69) is 32.7 Å². The number of fused-ring (bicyclic) bond motifs is 1. The van der Waals surface area contributed by atoms with Crippen LogP contribution in [0.3, 0.4) is 0 Å². The van der Waals surface area contributed by atoms with E-state index >= 15 is 0 Å². The molecule has 5 heteroatoms. The first-order valence-electron chi connectivity index (χ1n) is 3.21. The minimum atomic E-state index is 0.393. The van der Waals surface area contributed by atoms with Crippen LogP contribution >= 0.6 is 22.6 Å². The molecule has 2 rings (SSSR count). The topological polar surface area (TPSA) is 54.0 Å². The van der Waals surface area contributed by atoms with Gasteiger partial charge in [0.15, 0.2) is 11.3 Å². The lowest BCUT2D eigenvalue weighted by Gasteiger charge is -1.90. The Bertz CT molecular complexity index is 468. The van der Waals surface area contributed by atoms with E-state index in [0.717, 1.165) is 3.70 Å². The molecule has 12 heavy (non-hydrogen) atoms. The van der Waals surface area contributed by atoms with E-state index in [1.165, 1.54) is 0 Å². The summed E-state index contributed by atoms with van der Waals surface area (Å²) in [6.07, 6.45) is 1.61. The summed E-state index contributed by atoms with van der Waals surface area (Å²) in [5, 5.41) is 12.7. The van der Waals surface area contributed by atoms with E-state index in [1.54, 1.807) is 10.7 Å². The first-order chi connectivity index (χ1) is 5.79. The highest BCUT2D eigenvalue weighted by Crippen LogP contribution is 2.05. The van der Waals surface area contributed by atoms with Crippen molar-refractivity contribution >= 4 is 28.2 Å². The maximum atomic E-state index is 8.55. The van der Waals surface area contributed by atoms with Crippen LogP contribution in [0, 0.1) is 15.0 Å². The Morgan fingerprint density at radius 2 is 2.33 bits per heavy atom. The van der Waals surface area contributed by atoms with Gasteiger partial charge in [-0.1, -0.05) is 0 Å². The van der Waals surface area contributed by atoms with Crippen LogP contribution in [0.25, 0.3) is 5.65 Å². The van der Waals surface area contributed by atoms with Gasteiger partial charge >= 0.3 is 0 Å². The zero-order valence-electron chi connectivity index (χ0n) is 5.90. The lowest BCUT2D eigenvalue weighted by molar-refractivity contribution is 0.914. The van der Waals surface area contributed by atoms with Crippen LogP contribution < -0.4 is 0 Å². The molecule has 0 unspecified atom stereocenters. The van der Waals surface area contributed by atoms with Crippen LogP contribution in [0.5, 0.6) is 0 Å². The molecule has 0 amide bonds. The molecule has 4 nitrogen and oxygen atoms in total. The third kappa shape index (κ3) is 1.14. The van der Waals surface area contributed by atoms with Crippen molar-refractivity contribution in [1.29, 1.82) is 5.26 Å². The van der Waals surface area contributed by atoms with Crippen molar-refractivity contribution in [1.82, 2.24) is 14.6 Å². The quantitative estimate of drug-likeness (QED) is 0.676. The van der Waals surface area contributed by atoms with Crippen molar-refractivity contribution < 1.29 is 0 Å². The van der Waals surface area contributed by atoms with E-state index in [4.69, 9.17) is 5.26 Å². The smallest absolute Gasteiger partial charge is 0.161 e. The number of rotatable bonds is 0. The van der Waals surface area contributed by atoms with E-state index in [1.807, 2.05) is 18.2 Å². The van der Waals surface area contributed by atoms with Gasteiger partial charge in [0.2, 0.25) is 0 Å². The molecule has 0 radical (unpaired) electrons. The van der Waals surface area contributed by atoms with E-state index in [9.17, 15) is 0 Å². The Labute approximate surface area is 82.0 Å². The lowest BCUT2D eigenvalue weighted by Crippen LogP contribution is -1.90. The molecule has 0 aliphatic rings. The summed E-state index contributed by atoms with van der Waals surface area (Å²) >= 11 is 2.11. The molecule has 0 bridgehead atoms. The number of halogens is 1. The summed E-state index contributed by atoms with van der Waals surface area (Å²) in [4.78, 5) is 4.01. The average molecular weight is 270 g/mol. The largest absolute Gasteiger partial charge is 0.219 e. The highest BCUT2D eigenvalue weighted by atomic mass is 127. The predicted octanol–water partition coefficient (Wildman–Crippen LogP) is 1.21. The van der Waals surface area contributed by atoms with Gasteiger partial charge < -0.3 is 0 Å². The molecule has 0 fully saturated rings. The van der Waals surface area contributed by atoms with Crippen LogP contribution in [0.4, 0.5) is 0 Å². The van der Waals surface area contributed by atoms with E-state index in [-0.39, 0.29) is 0 Å². The van der Waals surface area contributed by atoms with Crippen molar-refractivity contribution in [3.05, 3.63) is 27.7 Å². The Morgan fingerprint density at radius 3 is 3.08 bits per heavy atom. The molecule has 0 saturated heterocycles. The molecule has 2 aromatic heterocycles. The molecule has 2 heterocycles. The third-order valence-corrected chi connectivity index (χ3v) is 1.98. The fraction of sp³-hybridized carbons (Fsp3) is 0. The first kappa shape index (κ1) is 7.49. The summed E-state index contributed by atoms with van der Waals surface area (Å²) in [5.41, 5.74) is 1.09. The zero-order chi connectivity index (χ0) is 8.55. The molecule has 0 spiro atoms. The van der Waals surface area contributed by atoms with E-state index < -0.39 is 0 Å². The zero-order valence-corrected chi connectivity index (χ0v) is 8.06. The average Bonchev–Trinajstić information content (AvgIpc) is 2.46. The number of hydrogen-bond acceptors (Lipinski definition) is 3. The van der Waals surface area contributed by atoms with Crippen molar-refractivity contribution in [3.63, 3.8) is 0 Å². The van der Waals surface area contributed by atoms with Crippen molar-refractivity contribution in [3.8, 4) is 6.07 Å². The monoisotopic (exact) mass is 270 g/mol. The van der Waals surface area contributed by atoms with Gasteiger partial charge in [-0.15, -0.1) is 0 Å². The summed E-state index contributed by atoms with van der Waals surface area (Å²) in [6.45, 7) is 0. The van der Waals surface area contributed by atoms with Gasteiger partial charge in [-0.05, 0) is 34.7 Å². The van der Waals surface area contributed by atoms with Crippen LogP contribution in [0.1, 0.15) is 5.69 Å². The molecular weight excluding hydrogens is 267 g/mol. The maximum Gasteiger partial charge on any atom is 0.161 e. The second kappa shape index (κ2) is 2.71. The van der Waals surface area contributed by atoms with Gasteiger partial charge in [-0.3, -0.25) is 0 Å². The van der Waals surface area contributed by atoms with Crippen molar-refractivity contribution in [2.45, 2.75) is 0 Å². The number of nitrogens with zero attached hydrogens (tertiary/aromatic N) is 4. The molecule has 0 aliphatic carbocycles. The van der Waals surface area contributed by atoms with Gasteiger partial charge in [-0.25, -0.2) is 9.50 Å². The number of imidazole rings is 1. The Morgan fingerprint density at radius 1 is 1.50 bits per heavy atom. The Balaban J connectivity index is 2.77. The van der Waals surface area contributed by atoms with Gasteiger partial charge in [0.25, 0.3) is 0 Å². The fourth-order valence-corrected chi connectivity index (χ4v) is 1.32. The number of nitriles is 1. The Kier molecular flexibility index (Phi) is 1.69. The standard InChI is InChI=1S/C7H3IN4/c8-6-1-2-7-10-5(3-9)4-12(7)11-6/h1-2,4H. The molecular formula is C7H3IN4. The van der Waals surface area contributed by atoms with Crippen LogP contribution in [-0.2, 0) is 0 Å². The number of aromatic nitrogens is 3. The molecule has 0 saturated carbocycles. The van der Waals surface area contributed by atoms with Gasteiger partial charge in [0.05, 0.1) is 6.20 Å². The third-order valence-electron chi connectivity index (χ3n) is 1.40. The highest BCUT2D eigenvalue weighted by Gasteiger charge is 2.00. The summed E-state index contributed by atoms with van der Waals surface area (Å²) < 4.78 is 2.47. The predicted molar refractivity (Wildman–Crippen MR) is 50.4 cm³/mol. The van der Waals surface area contributed by atoms with Crippen LogP contribution in [-0.4, -0.2) is 14.6 Å². The normalized spacial score (nSPS) is 10.0. The molecule has 0 N–H and O–H groups in total. The highest BCUT2D eigenvalue weighted by molar-refractivity contribution is 14.1. The first-order valence-corrected chi connectivity index (χ1v) is 4.29. The number of hydrogen-bond donors (Lipinski definition) is 0. The summed E-state index contributed by atoms with van der Waals surface area (Å²) in [7, 11) is 0. The van der Waals surface area contributed by atoms with Crippen LogP contribution in [0.15, 0.2) is 18.3 Å². The second-order valence-electron chi connectivity index (χ2n) is 2.20. The van der Waals surface area contributed by atoms with E-state index in [0.29, 0.717) is 11.3 Å². The minimum absolute atomic E-state index is 0.393. The Hall–Kier alpha value is -1.16. The lowest BCUT2D eigenvalue weighted by atomic mass is 10.5. The molecule has 58 valence electrons. The van der Waals surface area contributed by atoms with Crippen LogP contribution in [0.2, 0.25) is 0 Å². The maximum absolute atomic E-state index is 8.55. The second-order valence-corrected chi connectivity index (χ2v) is 3.30. The van der Waals surface area contributed by atoms with Crippen molar-refractivity contribution in [2.75, 3.05) is 0 Å². The SMILES string of the molecule is N#Cc1cn2nc(I)ccc2n1.